The van der Waals surface area contributed by atoms with Crippen molar-refractivity contribution in [1.29, 1.82) is 5.26 Å². The van der Waals surface area contributed by atoms with E-state index in [0.717, 1.165) is 0 Å². The van der Waals surface area contributed by atoms with Gasteiger partial charge in [-0.2, -0.15) is 10.4 Å². The lowest BCUT2D eigenvalue weighted by Crippen LogP contribution is -1.95. The Morgan fingerprint density at radius 1 is 1.47 bits per heavy atom. The van der Waals surface area contributed by atoms with Crippen LogP contribution in [-0.2, 0) is 0 Å². The lowest BCUT2D eigenvalue weighted by Gasteiger charge is -2.03. The van der Waals surface area contributed by atoms with Crippen LogP contribution >= 0.6 is 11.6 Å². The van der Waals surface area contributed by atoms with Gasteiger partial charge in [0, 0.05) is 0 Å². The van der Waals surface area contributed by atoms with Crippen molar-refractivity contribution < 1.29 is 0 Å². The van der Waals surface area contributed by atoms with Crippen LogP contribution in [0.1, 0.15) is 5.56 Å². The maximum atomic E-state index is 8.68. The number of anilines is 1. The van der Waals surface area contributed by atoms with E-state index in [1.165, 1.54) is 6.20 Å². The average molecular weight is 219 g/mol. The molecule has 2 aromatic rings. The van der Waals surface area contributed by atoms with Crippen LogP contribution in [-0.4, -0.2) is 9.78 Å². The molecule has 0 aliphatic carbocycles. The van der Waals surface area contributed by atoms with Crippen LogP contribution in [0, 0.1) is 11.3 Å². The maximum absolute atomic E-state index is 8.68. The molecule has 4 nitrogen and oxygen atoms in total. The summed E-state index contributed by atoms with van der Waals surface area (Å²) in [7, 11) is 0. The monoisotopic (exact) mass is 218 g/mol. The van der Waals surface area contributed by atoms with Gasteiger partial charge in [0.15, 0.2) is 0 Å². The Kier molecular flexibility index (Phi) is 2.32. The quantitative estimate of drug-likeness (QED) is 0.796. The molecule has 0 fully saturated rings. The highest BCUT2D eigenvalue weighted by Crippen LogP contribution is 2.21. The largest absolute Gasteiger partial charge is 0.396 e. The van der Waals surface area contributed by atoms with Crippen molar-refractivity contribution in [2.45, 2.75) is 0 Å². The summed E-state index contributed by atoms with van der Waals surface area (Å²) in [6.45, 7) is 0. The molecule has 2 rings (SSSR count). The molecule has 0 saturated heterocycles. The van der Waals surface area contributed by atoms with Gasteiger partial charge in [0.25, 0.3) is 0 Å². The fourth-order valence-electron chi connectivity index (χ4n) is 1.23. The standard InChI is InChI=1S/C10H7ClN4/c11-9-3-7(4-12)1-2-10(9)15-6-8(13)5-14-15/h1-3,5-6H,13H2. The zero-order valence-corrected chi connectivity index (χ0v) is 8.44. The Morgan fingerprint density at radius 2 is 2.27 bits per heavy atom. The lowest BCUT2D eigenvalue weighted by molar-refractivity contribution is 0.880. The summed E-state index contributed by atoms with van der Waals surface area (Å²) in [5.74, 6) is 0. The van der Waals surface area contributed by atoms with E-state index in [0.29, 0.717) is 22.0 Å². The molecule has 2 N–H and O–H groups in total. The Morgan fingerprint density at radius 3 is 2.80 bits per heavy atom. The molecule has 1 heterocycles. The summed E-state index contributed by atoms with van der Waals surface area (Å²) < 4.78 is 1.57. The molecule has 0 unspecified atom stereocenters. The second-order valence-electron chi connectivity index (χ2n) is 3.00. The van der Waals surface area contributed by atoms with Crippen molar-refractivity contribution >= 4 is 17.3 Å². The van der Waals surface area contributed by atoms with Crippen LogP contribution in [0.25, 0.3) is 5.69 Å². The van der Waals surface area contributed by atoms with Gasteiger partial charge in [0.1, 0.15) is 0 Å². The molecular formula is C10H7ClN4. The fraction of sp³-hybridized carbons (Fsp3) is 0. The van der Waals surface area contributed by atoms with Gasteiger partial charge in [-0.1, -0.05) is 11.6 Å². The lowest BCUT2D eigenvalue weighted by atomic mass is 10.2. The zero-order valence-electron chi connectivity index (χ0n) is 7.68. The van der Waals surface area contributed by atoms with E-state index in [2.05, 4.69) is 5.10 Å². The number of hydrogen-bond acceptors (Lipinski definition) is 3. The number of halogens is 1. The summed E-state index contributed by atoms with van der Waals surface area (Å²) in [5, 5.41) is 13.2. The Hall–Kier alpha value is -1.99. The topological polar surface area (TPSA) is 67.6 Å². The normalized spacial score (nSPS) is 9.87. The van der Waals surface area contributed by atoms with Gasteiger partial charge in [0.05, 0.1) is 40.4 Å². The molecule has 0 aliphatic heterocycles. The van der Waals surface area contributed by atoms with Gasteiger partial charge in [-0.25, -0.2) is 4.68 Å². The fourth-order valence-corrected chi connectivity index (χ4v) is 1.50. The predicted molar refractivity (Wildman–Crippen MR) is 57.7 cm³/mol. The summed E-state index contributed by atoms with van der Waals surface area (Å²) in [5.41, 5.74) is 7.33. The number of benzene rings is 1. The third-order valence-corrected chi connectivity index (χ3v) is 2.23. The minimum atomic E-state index is 0.470. The number of nitrogen functional groups attached to an aromatic ring is 1. The SMILES string of the molecule is N#Cc1ccc(-n2cc(N)cn2)c(Cl)c1. The van der Waals surface area contributed by atoms with E-state index in [1.54, 1.807) is 29.1 Å². The molecule has 0 spiro atoms. The summed E-state index contributed by atoms with van der Waals surface area (Å²) in [6.07, 6.45) is 3.20. The first-order valence-electron chi connectivity index (χ1n) is 4.21. The van der Waals surface area contributed by atoms with Crippen molar-refractivity contribution in [3.8, 4) is 11.8 Å². The first-order chi connectivity index (χ1) is 7.20. The van der Waals surface area contributed by atoms with E-state index >= 15 is 0 Å². The van der Waals surface area contributed by atoms with Crippen LogP contribution in [0.2, 0.25) is 5.02 Å². The molecule has 0 aliphatic rings. The van der Waals surface area contributed by atoms with E-state index in [9.17, 15) is 0 Å². The van der Waals surface area contributed by atoms with Crippen LogP contribution in [0.3, 0.4) is 0 Å². The molecule has 5 heteroatoms. The molecule has 0 bridgehead atoms. The van der Waals surface area contributed by atoms with Gasteiger partial charge >= 0.3 is 0 Å². The first-order valence-corrected chi connectivity index (χ1v) is 4.58. The molecule has 74 valence electrons. The van der Waals surface area contributed by atoms with Crippen LogP contribution in [0.15, 0.2) is 30.6 Å². The predicted octanol–water partition coefficient (Wildman–Crippen LogP) is 1.98. The molecule has 15 heavy (non-hydrogen) atoms. The van der Waals surface area contributed by atoms with Crippen molar-refractivity contribution in [2.75, 3.05) is 5.73 Å². The number of rotatable bonds is 1. The molecule has 1 aromatic heterocycles. The number of hydrogen-bond donors (Lipinski definition) is 1. The van der Waals surface area contributed by atoms with Crippen molar-refractivity contribution in [3.63, 3.8) is 0 Å². The van der Waals surface area contributed by atoms with E-state index in [-0.39, 0.29) is 0 Å². The van der Waals surface area contributed by atoms with E-state index in [1.807, 2.05) is 6.07 Å². The third-order valence-electron chi connectivity index (χ3n) is 1.93. The van der Waals surface area contributed by atoms with Gasteiger partial charge in [-0.15, -0.1) is 0 Å². The highest BCUT2D eigenvalue weighted by molar-refractivity contribution is 6.32. The van der Waals surface area contributed by atoms with Crippen molar-refractivity contribution in [1.82, 2.24) is 9.78 Å². The maximum Gasteiger partial charge on any atom is 0.0992 e. The Balaban J connectivity index is 2.51. The van der Waals surface area contributed by atoms with E-state index < -0.39 is 0 Å². The molecule has 0 atom stereocenters. The number of nitrogens with two attached hydrogens (primary N) is 1. The molecule has 0 radical (unpaired) electrons. The zero-order chi connectivity index (χ0) is 10.8. The smallest absolute Gasteiger partial charge is 0.0992 e. The molecule has 0 amide bonds. The second-order valence-corrected chi connectivity index (χ2v) is 3.40. The minimum absolute atomic E-state index is 0.470. The Bertz CT molecular complexity index is 539. The molecule has 1 aromatic carbocycles. The van der Waals surface area contributed by atoms with Crippen molar-refractivity contribution in [3.05, 3.63) is 41.2 Å². The highest BCUT2D eigenvalue weighted by atomic mass is 35.5. The number of nitrogens with zero attached hydrogens (tertiary/aromatic N) is 3. The third kappa shape index (κ3) is 1.78. The number of nitriles is 1. The summed E-state index contributed by atoms with van der Waals surface area (Å²) in [4.78, 5) is 0. The highest BCUT2D eigenvalue weighted by Gasteiger charge is 2.04. The average Bonchev–Trinajstić information content (AvgIpc) is 2.64. The van der Waals surface area contributed by atoms with Gasteiger partial charge < -0.3 is 5.73 Å². The van der Waals surface area contributed by atoms with Crippen LogP contribution in [0.4, 0.5) is 5.69 Å². The first kappa shape index (κ1) is 9.56. The Labute approximate surface area is 91.5 Å². The van der Waals surface area contributed by atoms with E-state index in [4.69, 9.17) is 22.6 Å². The summed E-state index contributed by atoms with van der Waals surface area (Å²) >= 11 is 6.00. The van der Waals surface area contributed by atoms with Crippen LogP contribution in [0.5, 0.6) is 0 Å². The van der Waals surface area contributed by atoms with Gasteiger partial charge in [-0.3, -0.25) is 0 Å². The number of aromatic nitrogens is 2. The van der Waals surface area contributed by atoms with Gasteiger partial charge in [-0.05, 0) is 18.2 Å². The van der Waals surface area contributed by atoms with Crippen molar-refractivity contribution in [2.24, 2.45) is 0 Å². The minimum Gasteiger partial charge on any atom is -0.396 e. The summed E-state index contributed by atoms with van der Waals surface area (Å²) in [6, 6.07) is 7.01. The second kappa shape index (κ2) is 3.64. The van der Waals surface area contributed by atoms with Gasteiger partial charge in [0.2, 0.25) is 0 Å². The van der Waals surface area contributed by atoms with Crippen LogP contribution < -0.4 is 5.73 Å². The molecular weight excluding hydrogens is 212 g/mol. The molecule has 0 saturated carbocycles.